The SMILES string of the molecule is C[C@@H]1CCCN(C(=O)C(C)(F)F)C1. The number of rotatable bonds is 1. The number of amides is 1. The quantitative estimate of drug-likeness (QED) is 0.620. The van der Waals surface area contributed by atoms with Crippen LogP contribution in [-0.2, 0) is 4.79 Å². The van der Waals surface area contributed by atoms with Gasteiger partial charge in [0.2, 0.25) is 0 Å². The summed E-state index contributed by atoms with van der Waals surface area (Å²) in [7, 11) is 0. The van der Waals surface area contributed by atoms with E-state index in [-0.39, 0.29) is 0 Å². The third-order valence-electron chi connectivity index (χ3n) is 2.32. The number of hydrogen-bond acceptors (Lipinski definition) is 1. The summed E-state index contributed by atoms with van der Waals surface area (Å²) in [6.45, 7) is 3.59. The van der Waals surface area contributed by atoms with Crippen molar-refractivity contribution in [3.8, 4) is 0 Å². The molecule has 1 aliphatic rings. The van der Waals surface area contributed by atoms with E-state index >= 15 is 0 Å². The Balaban J connectivity index is 2.56. The van der Waals surface area contributed by atoms with Crippen molar-refractivity contribution in [3.63, 3.8) is 0 Å². The van der Waals surface area contributed by atoms with Crippen LogP contribution < -0.4 is 0 Å². The van der Waals surface area contributed by atoms with Crippen LogP contribution in [0.3, 0.4) is 0 Å². The van der Waals surface area contributed by atoms with E-state index in [1.54, 1.807) is 0 Å². The average molecular weight is 191 g/mol. The van der Waals surface area contributed by atoms with Crippen molar-refractivity contribution in [3.05, 3.63) is 0 Å². The maximum absolute atomic E-state index is 12.6. The zero-order chi connectivity index (χ0) is 10.1. The molecule has 0 saturated carbocycles. The molecule has 2 nitrogen and oxygen atoms in total. The van der Waals surface area contributed by atoms with Gasteiger partial charge >= 0.3 is 5.92 Å². The van der Waals surface area contributed by atoms with E-state index in [1.165, 1.54) is 4.90 Å². The molecule has 0 aromatic carbocycles. The van der Waals surface area contributed by atoms with Crippen molar-refractivity contribution in [1.29, 1.82) is 0 Å². The molecule has 0 spiro atoms. The van der Waals surface area contributed by atoms with Crippen molar-refractivity contribution in [2.24, 2.45) is 5.92 Å². The summed E-state index contributed by atoms with van der Waals surface area (Å²) in [6.07, 6.45) is 1.86. The van der Waals surface area contributed by atoms with E-state index in [2.05, 4.69) is 0 Å². The van der Waals surface area contributed by atoms with Crippen molar-refractivity contribution >= 4 is 5.91 Å². The Morgan fingerprint density at radius 3 is 2.62 bits per heavy atom. The van der Waals surface area contributed by atoms with Crippen molar-refractivity contribution < 1.29 is 13.6 Å². The Morgan fingerprint density at radius 2 is 2.15 bits per heavy atom. The highest BCUT2D eigenvalue weighted by Crippen LogP contribution is 2.21. The van der Waals surface area contributed by atoms with Gasteiger partial charge in [0.05, 0.1) is 0 Å². The number of carbonyl (C=O) groups excluding carboxylic acids is 1. The summed E-state index contributed by atoms with van der Waals surface area (Å²) >= 11 is 0. The van der Waals surface area contributed by atoms with Crippen molar-refractivity contribution in [2.75, 3.05) is 13.1 Å². The third kappa shape index (κ3) is 2.64. The Kier molecular flexibility index (Phi) is 2.88. The maximum atomic E-state index is 12.6. The molecule has 0 aliphatic carbocycles. The predicted octanol–water partition coefficient (Wildman–Crippen LogP) is 1.90. The Labute approximate surface area is 76.9 Å². The van der Waals surface area contributed by atoms with E-state index in [1.807, 2.05) is 6.92 Å². The number of nitrogens with zero attached hydrogens (tertiary/aromatic N) is 1. The van der Waals surface area contributed by atoms with E-state index in [4.69, 9.17) is 0 Å². The van der Waals surface area contributed by atoms with E-state index in [0.29, 0.717) is 25.9 Å². The highest BCUT2D eigenvalue weighted by atomic mass is 19.3. The normalized spacial score (nSPS) is 24.6. The number of halogens is 2. The van der Waals surface area contributed by atoms with Gasteiger partial charge in [-0.2, -0.15) is 8.78 Å². The van der Waals surface area contributed by atoms with Gasteiger partial charge in [0.15, 0.2) is 0 Å². The van der Waals surface area contributed by atoms with Gasteiger partial charge in [0.1, 0.15) is 0 Å². The summed E-state index contributed by atoms with van der Waals surface area (Å²) in [5.41, 5.74) is 0. The van der Waals surface area contributed by atoms with E-state index in [9.17, 15) is 13.6 Å². The third-order valence-corrected chi connectivity index (χ3v) is 2.32. The first-order chi connectivity index (χ1) is 5.91. The lowest BCUT2D eigenvalue weighted by Gasteiger charge is -2.32. The van der Waals surface area contributed by atoms with Gasteiger partial charge in [-0.25, -0.2) is 0 Å². The molecule has 0 radical (unpaired) electrons. The lowest BCUT2D eigenvalue weighted by Crippen LogP contribution is -2.46. The topological polar surface area (TPSA) is 20.3 Å². The summed E-state index contributed by atoms with van der Waals surface area (Å²) in [5.74, 6) is -3.89. The van der Waals surface area contributed by atoms with Crippen LogP contribution in [0.2, 0.25) is 0 Å². The van der Waals surface area contributed by atoms with Gasteiger partial charge in [0.25, 0.3) is 5.91 Å². The second kappa shape index (κ2) is 3.60. The molecule has 1 saturated heterocycles. The number of hydrogen-bond donors (Lipinski definition) is 0. The Bertz CT molecular complexity index is 200. The first-order valence-electron chi connectivity index (χ1n) is 4.58. The standard InChI is InChI=1S/C9H15F2NO/c1-7-4-3-5-12(6-7)8(13)9(2,10)11/h7H,3-6H2,1-2H3/t7-/m1/s1. The molecule has 76 valence electrons. The van der Waals surface area contributed by atoms with Crippen LogP contribution in [-0.4, -0.2) is 29.8 Å². The Hall–Kier alpha value is -0.670. The highest BCUT2D eigenvalue weighted by Gasteiger charge is 2.37. The molecule has 1 heterocycles. The summed E-state index contributed by atoms with van der Waals surface area (Å²) in [5, 5.41) is 0. The minimum Gasteiger partial charge on any atom is -0.337 e. The zero-order valence-electron chi connectivity index (χ0n) is 8.02. The number of carbonyl (C=O) groups is 1. The maximum Gasteiger partial charge on any atom is 0.322 e. The fourth-order valence-electron chi connectivity index (χ4n) is 1.65. The summed E-state index contributed by atoms with van der Waals surface area (Å²) in [4.78, 5) is 12.4. The molecule has 1 aliphatic heterocycles. The Morgan fingerprint density at radius 1 is 1.54 bits per heavy atom. The smallest absolute Gasteiger partial charge is 0.322 e. The van der Waals surface area contributed by atoms with Crippen molar-refractivity contribution in [2.45, 2.75) is 32.6 Å². The zero-order valence-corrected chi connectivity index (χ0v) is 8.02. The molecule has 0 aromatic heterocycles. The first-order valence-corrected chi connectivity index (χ1v) is 4.58. The minimum atomic E-state index is -3.21. The largest absolute Gasteiger partial charge is 0.337 e. The second-order valence-corrected chi connectivity index (χ2v) is 3.89. The number of piperidine rings is 1. The van der Waals surface area contributed by atoms with Gasteiger partial charge in [-0.15, -0.1) is 0 Å². The van der Waals surface area contributed by atoms with E-state index in [0.717, 1.165) is 12.8 Å². The van der Waals surface area contributed by atoms with Crippen molar-refractivity contribution in [1.82, 2.24) is 4.90 Å². The fourth-order valence-corrected chi connectivity index (χ4v) is 1.65. The fraction of sp³-hybridized carbons (Fsp3) is 0.889. The van der Waals surface area contributed by atoms with E-state index < -0.39 is 11.8 Å². The van der Waals surface area contributed by atoms with Gasteiger partial charge < -0.3 is 4.90 Å². The predicted molar refractivity (Wildman–Crippen MR) is 45.6 cm³/mol. The molecule has 0 aromatic rings. The summed E-state index contributed by atoms with van der Waals surface area (Å²) in [6, 6.07) is 0. The monoisotopic (exact) mass is 191 g/mol. The molecule has 0 unspecified atom stereocenters. The molecule has 1 rings (SSSR count). The number of likely N-dealkylation sites (tertiary alicyclic amines) is 1. The molecule has 1 atom stereocenters. The van der Waals surface area contributed by atoms with Crippen LogP contribution in [0.4, 0.5) is 8.78 Å². The van der Waals surface area contributed by atoms with Crippen LogP contribution in [0.5, 0.6) is 0 Å². The molecular weight excluding hydrogens is 176 g/mol. The molecule has 0 N–H and O–H groups in total. The molecule has 13 heavy (non-hydrogen) atoms. The van der Waals surface area contributed by atoms with Crippen LogP contribution in [0.25, 0.3) is 0 Å². The van der Waals surface area contributed by atoms with Gasteiger partial charge in [0, 0.05) is 20.0 Å². The molecule has 1 fully saturated rings. The molecule has 1 amide bonds. The van der Waals surface area contributed by atoms with Gasteiger partial charge in [-0.1, -0.05) is 6.92 Å². The second-order valence-electron chi connectivity index (χ2n) is 3.89. The minimum absolute atomic E-state index is 0.347. The lowest BCUT2D eigenvalue weighted by molar-refractivity contribution is -0.156. The molecule has 4 heteroatoms. The van der Waals surface area contributed by atoms with Gasteiger partial charge in [-0.3, -0.25) is 4.79 Å². The molecular formula is C9H15F2NO. The summed E-state index contributed by atoms with van der Waals surface area (Å²) < 4.78 is 25.3. The van der Waals surface area contributed by atoms with Crippen LogP contribution >= 0.6 is 0 Å². The highest BCUT2D eigenvalue weighted by molar-refractivity contribution is 5.83. The average Bonchev–Trinajstić information content (AvgIpc) is 2.01. The lowest BCUT2D eigenvalue weighted by atomic mass is 10.00. The van der Waals surface area contributed by atoms with Crippen LogP contribution in [0.1, 0.15) is 26.7 Å². The van der Waals surface area contributed by atoms with Crippen LogP contribution in [0.15, 0.2) is 0 Å². The van der Waals surface area contributed by atoms with Gasteiger partial charge in [-0.05, 0) is 18.8 Å². The van der Waals surface area contributed by atoms with Crippen LogP contribution in [0, 0.1) is 5.92 Å². The number of alkyl halides is 2. The first kappa shape index (κ1) is 10.4. The molecule has 0 bridgehead atoms.